The van der Waals surface area contributed by atoms with E-state index in [-0.39, 0.29) is 11.4 Å². The lowest BCUT2D eigenvalue weighted by molar-refractivity contribution is 0.244. The number of carbonyl (C=O) groups is 1. The maximum atomic E-state index is 13.1. The Kier molecular flexibility index (Phi) is 3.98. The summed E-state index contributed by atoms with van der Waals surface area (Å²) < 4.78 is 13.7. The number of carbonyl (C=O) groups excluding carboxylic acids is 1. The number of aromatic hydroxyl groups is 1. The number of hydrogen-bond donors (Lipinski definition) is 2. The molecule has 0 spiro atoms. The van der Waals surface area contributed by atoms with E-state index in [9.17, 15) is 14.3 Å². The highest BCUT2D eigenvalue weighted by atomic mass is 19.1. The summed E-state index contributed by atoms with van der Waals surface area (Å²) in [5, 5.41) is 21.9. The zero-order valence-corrected chi connectivity index (χ0v) is 12.2. The van der Waals surface area contributed by atoms with Crippen molar-refractivity contribution in [3.8, 4) is 17.1 Å². The van der Waals surface area contributed by atoms with Crippen LogP contribution in [0.5, 0.6) is 5.88 Å². The molecule has 8 nitrogen and oxygen atoms in total. The number of azo groups is 1. The molecule has 0 bridgehead atoms. The summed E-state index contributed by atoms with van der Waals surface area (Å²) in [6.45, 7) is 0. The molecule has 2 heterocycles. The molecule has 0 atom stereocenters. The molecule has 9 heteroatoms. The second kappa shape index (κ2) is 6.24. The van der Waals surface area contributed by atoms with E-state index >= 15 is 0 Å². The quantitative estimate of drug-likeness (QED) is 0.718. The number of rotatable bonds is 3. The minimum absolute atomic E-state index is 0.0655. The Morgan fingerprint density at radius 2 is 1.96 bits per heavy atom. The van der Waals surface area contributed by atoms with Gasteiger partial charge in [0, 0.05) is 11.8 Å². The Balaban J connectivity index is 2.11. The summed E-state index contributed by atoms with van der Waals surface area (Å²) in [6.07, 6.45) is 3.04. The molecule has 120 valence electrons. The van der Waals surface area contributed by atoms with Crippen molar-refractivity contribution < 1.29 is 14.3 Å². The second-order valence-corrected chi connectivity index (χ2v) is 4.69. The molecular formula is C15H11FN6O2. The average Bonchev–Trinajstić information content (AvgIpc) is 2.91. The zero-order valence-electron chi connectivity index (χ0n) is 12.2. The van der Waals surface area contributed by atoms with Crippen molar-refractivity contribution in [3.05, 3.63) is 54.6 Å². The van der Waals surface area contributed by atoms with Crippen molar-refractivity contribution in [2.24, 2.45) is 16.0 Å². The van der Waals surface area contributed by atoms with Crippen LogP contribution in [0.4, 0.5) is 20.6 Å². The Morgan fingerprint density at radius 1 is 1.21 bits per heavy atom. The van der Waals surface area contributed by atoms with Gasteiger partial charge >= 0.3 is 6.03 Å². The first kappa shape index (κ1) is 15.3. The van der Waals surface area contributed by atoms with Crippen molar-refractivity contribution >= 4 is 17.4 Å². The van der Waals surface area contributed by atoms with Gasteiger partial charge in [-0.3, -0.25) is 4.98 Å². The fraction of sp³-hybridized carbons (Fsp3) is 0. The first-order valence-corrected chi connectivity index (χ1v) is 6.76. The summed E-state index contributed by atoms with van der Waals surface area (Å²) in [5.74, 6) is -0.995. The molecule has 1 aromatic carbocycles. The van der Waals surface area contributed by atoms with E-state index in [2.05, 4.69) is 20.3 Å². The van der Waals surface area contributed by atoms with E-state index in [1.165, 1.54) is 30.5 Å². The SMILES string of the molecule is NC(=O)n1nc(-c2ccc(F)cc2)c(/N=N/c2cccnc2)c1O. The van der Waals surface area contributed by atoms with Crippen LogP contribution in [0.3, 0.4) is 0 Å². The van der Waals surface area contributed by atoms with E-state index in [4.69, 9.17) is 5.73 Å². The van der Waals surface area contributed by atoms with Gasteiger partial charge in [0.1, 0.15) is 17.2 Å². The Labute approximate surface area is 135 Å². The number of hydrogen-bond acceptors (Lipinski definition) is 6. The number of nitrogens with two attached hydrogens (primary N) is 1. The standard InChI is InChI=1S/C15H11FN6O2/c16-10-5-3-9(4-6-10)12-13(14(23)22(21-12)15(17)24)20-19-11-2-1-7-18-8-11/h1-8,23H,(H2,17,24)/b20-19+. The van der Waals surface area contributed by atoms with E-state index in [0.717, 1.165) is 0 Å². The normalized spacial score (nSPS) is 11.0. The highest BCUT2D eigenvalue weighted by Crippen LogP contribution is 2.38. The van der Waals surface area contributed by atoms with Gasteiger partial charge in [0.2, 0.25) is 5.88 Å². The topological polar surface area (TPSA) is 119 Å². The predicted molar refractivity (Wildman–Crippen MR) is 82.7 cm³/mol. The summed E-state index contributed by atoms with van der Waals surface area (Å²) in [6, 6.07) is 7.65. The van der Waals surface area contributed by atoms with Gasteiger partial charge in [-0.2, -0.15) is 5.10 Å². The number of amides is 1. The summed E-state index contributed by atoms with van der Waals surface area (Å²) in [5.41, 5.74) is 6.11. The monoisotopic (exact) mass is 326 g/mol. The third-order valence-electron chi connectivity index (χ3n) is 3.07. The lowest BCUT2D eigenvalue weighted by Gasteiger charge is -1.98. The van der Waals surface area contributed by atoms with Crippen molar-refractivity contribution in [2.75, 3.05) is 0 Å². The first-order chi connectivity index (χ1) is 11.6. The van der Waals surface area contributed by atoms with Gasteiger partial charge in [-0.05, 0) is 36.4 Å². The highest BCUT2D eigenvalue weighted by Gasteiger charge is 2.21. The smallest absolute Gasteiger partial charge is 0.342 e. The minimum Gasteiger partial charge on any atom is -0.491 e. The molecule has 0 saturated heterocycles. The van der Waals surface area contributed by atoms with Crippen molar-refractivity contribution in [1.29, 1.82) is 0 Å². The summed E-state index contributed by atoms with van der Waals surface area (Å²) in [4.78, 5) is 15.3. The molecular weight excluding hydrogens is 315 g/mol. The molecule has 3 rings (SSSR count). The second-order valence-electron chi connectivity index (χ2n) is 4.69. The van der Waals surface area contributed by atoms with Gasteiger partial charge in [0.05, 0.1) is 6.20 Å². The minimum atomic E-state index is -0.987. The highest BCUT2D eigenvalue weighted by molar-refractivity contribution is 5.83. The molecule has 1 amide bonds. The van der Waals surface area contributed by atoms with Gasteiger partial charge in [-0.15, -0.1) is 14.9 Å². The van der Waals surface area contributed by atoms with Crippen molar-refractivity contribution in [1.82, 2.24) is 14.8 Å². The Bertz CT molecular complexity index is 906. The number of aromatic nitrogens is 3. The van der Waals surface area contributed by atoms with Crippen LogP contribution in [0.1, 0.15) is 0 Å². The van der Waals surface area contributed by atoms with E-state index < -0.39 is 17.7 Å². The third kappa shape index (κ3) is 2.95. The molecule has 24 heavy (non-hydrogen) atoms. The van der Waals surface area contributed by atoms with Crippen LogP contribution < -0.4 is 5.73 Å². The van der Waals surface area contributed by atoms with Crippen molar-refractivity contribution in [3.63, 3.8) is 0 Å². The molecule has 0 unspecified atom stereocenters. The van der Waals surface area contributed by atoms with Gasteiger partial charge in [0.25, 0.3) is 0 Å². The number of pyridine rings is 1. The molecule has 2 aromatic heterocycles. The van der Waals surface area contributed by atoms with Gasteiger partial charge in [-0.25, -0.2) is 9.18 Å². The maximum absolute atomic E-state index is 13.1. The fourth-order valence-electron chi connectivity index (χ4n) is 1.97. The summed E-state index contributed by atoms with van der Waals surface area (Å²) in [7, 11) is 0. The van der Waals surface area contributed by atoms with Crippen LogP contribution >= 0.6 is 0 Å². The van der Waals surface area contributed by atoms with Gasteiger partial charge < -0.3 is 10.8 Å². The first-order valence-electron chi connectivity index (χ1n) is 6.76. The van der Waals surface area contributed by atoms with Gasteiger partial charge in [-0.1, -0.05) is 0 Å². The Morgan fingerprint density at radius 3 is 2.58 bits per heavy atom. The fourth-order valence-corrected chi connectivity index (χ4v) is 1.97. The molecule has 0 aliphatic rings. The van der Waals surface area contributed by atoms with Crippen LogP contribution in [0, 0.1) is 5.82 Å². The molecule has 0 saturated carbocycles. The van der Waals surface area contributed by atoms with Crippen LogP contribution in [-0.2, 0) is 0 Å². The lowest BCUT2D eigenvalue weighted by atomic mass is 10.1. The largest absolute Gasteiger partial charge is 0.491 e. The number of primary amides is 1. The molecule has 3 N–H and O–H groups in total. The molecule has 0 fully saturated rings. The van der Waals surface area contributed by atoms with Crippen LogP contribution in [-0.4, -0.2) is 25.9 Å². The lowest BCUT2D eigenvalue weighted by Crippen LogP contribution is -2.20. The van der Waals surface area contributed by atoms with E-state index in [1.54, 1.807) is 18.3 Å². The zero-order chi connectivity index (χ0) is 17.1. The van der Waals surface area contributed by atoms with Crippen LogP contribution in [0.25, 0.3) is 11.3 Å². The van der Waals surface area contributed by atoms with Crippen molar-refractivity contribution in [2.45, 2.75) is 0 Å². The molecule has 0 radical (unpaired) electrons. The number of halogens is 1. The molecule has 0 aliphatic heterocycles. The predicted octanol–water partition coefficient (Wildman–Crippen LogP) is 3.13. The maximum Gasteiger partial charge on any atom is 0.342 e. The van der Waals surface area contributed by atoms with E-state index in [0.29, 0.717) is 15.9 Å². The molecule has 0 aliphatic carbocycles. The summed E-state index contributed by atoms with van der Waals surface area (Å²) >= 11 is 0. The van der Waals surface area contributed by atoms with Crippen LogP contribution in [0.15, 0.2) is 59.0 Å². The van der Waals surface area contributed by atoms with Gasteiger partial charge in [0.15, 0.2) is 5.69 Å². The van der Waals surface area contributed by atoms with Crippen LogP contribution in [0.2, 0.25) is 0 Å². The molecule has 3 aromatic rings. The number of nitrogens with zero attached hydrogens (tertiary/aromatic N) is 5. The van der Waals surface area contributed by atoms with E-state index in [1.807, 2.05) is 0 Å². The number of benzene rings is 1. The Hall–Kier alpha value is -3.62. The third-order valence-corrected chi connectivity index (χ3v) is 3.07. The average molecular weight is 326 g/mol.